The van der Waals surface area contributed by atoms with Crippen LogP contribution in [0.4, 0.5) is 0 Å². The smallest absolute Gasteiger partial charge is 0.0126 e. The standard InChI is InChI=1S/C12H19NS/c1-3-10-6-9-5-4-8(2)11(7-13)12(9)14-10/h6,8,11H,3-5,7,13H2,1-2H3. The van der Waals surface area contributed by atoms with Crippen molar-refractivity contribution in [2.45, 2.75) is 39.0 Å². The van der Waals surface area contributed by atoms with E-state index in [2.05, 4.69) is 19.9 Å². The lowest BCUT2D eigenvalue weighted by Gasteiger charge is -2.27. The maximum absolute atomic E-state index is 5.87. The molecule has 1 aromatic heterocycles. The van der Waals surface area contributed by atoms with Gasteiger partial charge in [-0.15, -0.1) is 11.3 Å². The topological polar surface area (TPSA) is 26.0 Å². The summed E-state index contributed by atoms with van der Waals surface area (Å²) in [5.41, 5.74) is 7.45. The monoisotopic (exact) mass is 209 g/mol. The summed E-state index contributed by atoms with van der Waals surface area (Å²) in [6.45, 7) is 5.39. The Balaban J connectivity index is 2.35. The molecule has 0 aliphatic heterocycles. The van der Waals surface area contributed by atoms with E-state index in [0.29, 0.717) is 5.92 Å². The third-order valence-corrected chi connectivity index (χ3v) is 4.84. The minimum Gasteiger partial charge on any atom is -0.330 e. The van der Waals surface area contributed by atoms with Gasteiger partial charge in [-0.25, -0.2) is 0 Å². The fraction of sp³-hybridized carbons (Fsp3) is 0.667. The van der Waals surface area contributed by atoms with Gasteiger partial charge in [-0.2, -0.15) is 0 Å². The van der Waals surface area contributed by atoms with Crippen molar-refractivity contribution in [1.29, 1.82) is 0 Å². The lowest BCUT2D eigenvalue weighted by atomic mass is 9.81. The van der Waals surface area contributed by atoms with Crippen LogP contribution < -0.4 is 5.73 Å². The van der Waals surface area contributed by atoms with E-state index in [1.807, 2.05) is 11.3 Å². The zero-order chi connectivity index (χ0) is 10.1. The molecule has 1 aliphatic rings. The normalized spacial score (nSPS) is 26.2. The highest BCUT2D eigenvalue weighted by Gasteiger charge is 2.27. The molecule has 78 valence electrons. The molecule has 2 heteroatoms. The number of aryl methyl sites for hydroxylation is 2. The van der Waals surface area contributed by atoms with Crippen molar-refractivity contribution in [3.8, 4) is 0 Å². The lowest BCUT2D eigenvalue weighted by Crippen LogP contribution is -2.23. The van der Waals surface area contributed by atoms with Crippen LogP contribution in [0.1, 0.15) is 41.5 Å². The summed E-state index contributed by atoms with van der Waals surface area (Å²) >= 11 is 1.99. The molecule has 0 fully saturated rings. The van der Waals surface area contributed by atoms with Crippen LogP contribution >= 0.6 is 11.3 Å². The Morgan fingerprint density at radius 1 is 1.57 bits per heavy atom. The molecule has 2 unspecified atom stereocenters. The molecule has 0 spiro atoms. The fourth-order valence-corrected chi connectivity index (χ4v) is 3.77. The molecule has 2 atom stereocenters. The molecule has 0 saturated heterocycles. The quantitative estimate of drug-likeness (QED) is 0.796. The van der Waals surface area contributed by atoms with Crippen molar-refractivity contribution < 1.29 is 0 Å². The zero-order valence-corrected chi connectivity index (χ0v) is 9.86. The van der Waals surface area contributed by atoms with E-state index in [1.54, 1.807) is 10.4 Å². The maximum atomic E-state index is 5.87. The molecule has 2 rings (SSSR count). The predicted octanol–water partition coefficient (Wildman–Crippen LogP) is 2.94. The van der Waals surface area contributed by atoms with Crippen molar-refractivity contribution in [2.75, 3.05) is 6.54 Å². The predicted molar refractivity (Wildman–Crippen MR) is 63.0 cm³/mol. The van der Waals surface area contributed by atoms with Gasteiger partial charge in [0.05, 0.1) is 0 Å². The number of hydrogen-bond donors (Lipinski definition) is 1. The summed E-state index contributed by atoms with van der Waals surface area (Å²) in [5.74, 6) is 1.40. The second-order valence-corrected chi connectivity index (χ2v) is 5.48. The molecule has 1 nitrogen and oxygen atoms in total. The number of thiophene rings is 1. The first-order valence-electron chi connectivity index (χ1n) is 5.57. The van der Waals surface area contributed by atoms with Gasteiger partial charge in [0.25, 0.3) is 0 Å². The molecule has 1 heterocycles. The van der Waals surface area contributed by atoms with E-state index in [4.69, 9.17) is 5.73 Å². The second-order valence-electron chi connectivity index (χ2n) is 4.31. The Morgan fingerprint density at radius 2 is 2.36 bits per heavy atom. The van der Waals surface area contributed by atoms with Crippen LogP contribution in [0.15, 0.2) is 6.07 Å². The lowest BCUT2D eigenvalue weighted by molar-refractivity contribution is 0.415. The number of hydrogen-bond acceptors (Lipinski definition) is 2. The Bertz CT molecular complexity index is 316. The van der Waals surface area contributed by atoms with Gasteiger partial charge in [0, 0.05) is 22.2 Å². The van der Waals surface area contributed by atoms with Crippen LogP contribution in [0.25, 0.3) is 0 Å². The summed E-state index contributed by atoms with van der Waals surface area (Å²) in [6, 6.07) is 2.40. The van der Waals surface area contributed by atoms with Gasteiger partial charge in [-0.05, 0) is 36.8 Å². The summed E-state index contributed by atoms with van der Waals surface area (Å²) in [7, 11) is 0. The van der Waals surface area contributed by atoms with Crippen molar-refractivity contribution in [3.63, 3.8) is 0 Å². The molecular weight excluding hydrogens is 190 g/mol. The van der Waals surface area contributed by atoms with Gasteiger partial charge in [0.15, 0.2) is 0 Å². The molecule has 1 aliphatic carbocycles. The average molecular weight is 209 g/mol. The zero-order valence-electron chi connectivity index (χ0n) is 9.05. The number of fused-ring (bicyclic) bond motifs is 1. The molecule has 0 bridgehead atoms. The Hall–Kier alpha value is -0.340. The van der Waals surface area contributed by atoms with Gasteiger partial charge in [-0.3, -0.25) is 0 Å². The summed E-state index contributed by atoms with van der Waals surface area (Å²) < 4.78 is 0. The van der Waals surface area contributed by atoms with Gasteiger partial charge < -0.3 is 5.73 Å². The first-order valence-corrected chi connectivity index (χ1v) is 6.39. The van der Waals surface area contributed by atoms with Crippen molar-refractivity contribution in [2.24, 2.45) is 11.7 Å². The van der Waals surface area contributed by atoms with Crippen molar-refractivity contribution >= 4 is 11.3 Å². The van der Waals surface area contributed by atoms with E-state index >= 15 is 0 Å². The van der Waals surface area contributed by atoms with E-state index in [-0.39, 0.29) is 0 Å². The average Bonchev–Trinajstić information content (AvgIpc) is 2.60. The van der Waals surface area contributed by atoms with Crippen molar-refractivity contribution in [1.82, 2.24) is 0 Å². The number of nitrogens with two attached hydrogens (primary N) is 1. The van der Waals surface area contributed by atoms with Crippen LogP contribution in [0.5, 0.6) is 0 Å². The summed E-state index contributed by atoms with van der Waals surface area (Å²) in [4.78, 5) is 3.12. The van der Waals surface area contributed by atoms with E-state index in [0.717, 1.165) is 12.5 Å². The van der Waals surface area contributed by atoms with E-state index in [1.165, 1.54) is 24.1 Å². The van der Waals surface area contributed by atoms with Crippen LogP contribution in [-0.2, 0) is 12.8 Å². The molecule has 1 aromatic rings. The third-order valence-electron chi connectivity index (χ3n) is 3.39. The van der Waals surface area contributed by atoms with Gasteiger partial charge in [0.2, 0.25) is 0 Å². The molecule has 2 N–H and O–H groups in total. The highest BCUT2D eigenvalue weighted by molar-refractivity contribution is 7.12. The van der Waals surface area contributed by atoms with Gasteiger partial charge >= 0.3 is 0 Å². The van der Waals surface area contributed by atoms with Crippen LogP contribution in [0.3, 0.4) is 0 Å². The third kappa shape index (κ3) is 1.61. The number of rotatable bonds is 2. The Morgan fingerprint density at radius 3 is 3.00 bits per heavy atom. The minimum absolute atomic E-state index is 0.629. The van der Waals surface area contributed by atoms with Gasteiger partial charge in [-0.1, -0.05) is 13.8 Å². The Labute approximate surface area is 90.3 Å². The van der Waals surface area contributed by atoms with E-state index in [9.17, 15) is 0 Å². The second kappa shape index (κ2) is 4.03. The molecule has 14 heavy (non-hydrogen) atoms. The van der Waals surface area contributed by atoms with Crippen LogP contribution in [-0.4, -0.2) is 6.54 Å². The van der Waals surface area contributed by atoms with Gasteiger partial charge in [0.1, 0.15) is 0 Å². The molecular formula is C12H19NS. The molecule has 0 amide bonds. The SMILES string of the molecule is CCc1cc2c(s1)C(CN)C(C)CC2. The Kier molecular flexibility index (Phi) is 2.93. The van der Waals surface area contributed by atoms with Crippen LogP contribution in [0, 0.1) is 5.92 Å². The first-order chi connectivity index (χ1) is 6.76. The van der Waals surface area contributed by atoms with E-state index < -0.39 is 0 Å². The summed E-state index contributed by atoms with van der Waals surface area (Å²) in [6.07, 6.45) is 3.75. The van der Waals surface area contributed by atoms with Crippen molar-refractivity contribution in [3.05, 3.63) is 21.4 Å². The first kappa shape index (κ1) is 10.2. The maximum Gasteiger partial charge on any atom is 0.0126 e. The molecule has 0 saturated carbocycles. The minimum atomic E-state index is 0.629. The molecule has 0 radical (unpaired) electrons. The van der Waals surface area contributed by atoms with Crippen LogP contribution in [0.2, 0.25) is 0 Å². The highest BCUT2D eigenvalue weighted by Crippen LogP contribution is 2.40. The summed E-state index contributed by atoms with van der Waals surface area (Å²) in [5, 5.41) is 0. The highest BCUT2D eigenvalue weighted by atomic mass is 32.1. The molecule has 0 aromatic carbocycles. The fourth-order valence-electron chi connectivity index (χ4n) is 2.37. The largest absolute Gasteiger partial charge is 0.330 e.